The van der Waals surface area contributed by atoms with Crippen molar-refractivity contribution in [2.75, 3.05) is 20.1 Å². The summed E-state index contributed by atoms with van der Waals surface area (Å²) in [6.07, 6.45) is 2.04. The van der Waals surface area contributed by atoms with Crippen LogP contribution in [-0.4, -0.2) is 48.2 Å². The Hall–Kier alpha value is -2.02. The lowest BCUT2D eigenvalue weighted by atomic mass is 10.1. The van der Waals surface area contributed by atoms with E-state index < -0.39 is 5.97 Å². The third-order valence-electron chi connectivity index (χ3n) is 3.26. The predicted octanol–water partition coefficient (Wildman–Crippen LogP) is 0.871. The van der Waals surface area contributed by atoms with Crippen LogP contribution in [0.4, 0.5) is 4.79 Å². The van der Waals surface area contributed by atoms with Crippen LogP contribution in [0.2, 0.25) is 0 Å². The SMILES string of the molecule is CN1CCCC(NC(=O)NCc2ccc(C(=O)O)o2)C1. The lowest BCUT2D eigenvalue weighted by Gasteiger charge is -2.30. The van der Waals surface area contributed by atoms with Gasteiger partial charge in [0.15, 0.2) is 0 Å². The van der Waals surface area contributed by atoms with E-state index in [1.165, 1.54) is 12.1 Å². The quantitative estimate of drug-likeness (QED) is 0.761. The monoisotopic (exact) mass is 281 g/mol. The van der Waals surface area contributed by atoms with E-state index in [4.69, 9.17) is 9.52 Å². The van der Waals surface area contributed by atoms with E-state index in [0.29, 0.717) is 5.76 Å². The number of amides is 2. The van der Waals surface area contributed by atoms with E-state index in [2.05, 4.69) is 15.5 Å². The summed E-state index contributed by atoms with van der Waals surface area (Å²) in [5, 5.41) is 14.3. The van der Waals surface area contributed by atoms with Crippen LogP contribution in [0, 0.1) is 0 Å². The number of carbonyl (C=O) groups excluding carboxylic acids is 1. The molecule has 1 aromatic heterocycles. The van der Waals surface area contributed by atoms with Gasteiger partial charge in [-0.2, -0.15) is 0 Å². The number of piperidine rings is 1. The van der Waals surface area contributed by atoms with Gasteiger partial charge in [0.25, 0.3) is 0 Å². The molecular weight excluding hydrogens is 262 g/mol. The van der Waals surface area contributed by atoms with Gasteiger partial charge in [-0.3, -0.25) is 0 Å². The first-order valence-electron chi connectivity index (χ1n) is 6.59. The molecule has 1 atom stereocenters. The van der Waals surface area contributed by atoms with Crippen molar-refractivity contribution in [3.05, 3.63) is 23.7 Å². The molecule has 1 saturated heterocycles. The van der Waals surface area contributed by atoms with Crippen molar-refractivity contribution in [1.82, 2.24) is 15.5 Å². The first-order chi connectivity index (χ1) is 9.54. The molecule has 0 aliphatic carbocycles. The average Bonchev–Trinajstić information content (AvgIpc) is 2.85. The number of likely N-dealkylation sites (tertiary alicyclic amines) is 1. The summed E-state index contributed by atoms with van der Waals surface area (Å²) in [6, 6.07) is 2.80. The first kappa shape index (κ1) is 14.4. The highest BCUT2D eigenvalue weighted by molar-refractivity contribution is 5.84. The number of nitrogens with zero attached hydrogens (tertiary/aromatic N) is 1. The highest BCUT2D eigenvalue weighted by Crippen LogP contribution is 2.09. The normalized spacial score (nSPS) is 19.6. The molecule has 0 saturated carbocycles. The largest absolute Gasteiger partial charge is 0.475 e. The zero-order valence-electron chi connectivity index (χ0n) is 11.4. The topological polar surface area (TPSA) is 94.8 Å². The van der Waals surface area contributed by atoms with Crippen molar-refractivity contribution in [2.24, 2.45) is 0 Å². The Morgan fingerprint density at radius 3 is 2.95 bits per heavy atom. The second kappa shape index (κ2) is 6.42. The molecule has 1 aromatic rings. The first-order valence-corrected chi connectivity index (χ1v) is 6.59. The van der Waals surface area contributed by atoms with Crippen molar-refractivity contribution in [2.45, 2.75) is 25.4 Å². The van der Waals surface area contributed by atoms with E-state index in [0.717, 1.165) is 25.9 Å². The number of urea groups is 1. The van der Waals surface area contributed by atoms with Crippen LogP contribution < -0.4 is 10.6 Å². The highest BCUT2D eigenvalue weighted by atomic mass is 16.4. The minimum Gasteiger partial charge on any atom is -0.475 e. The van der Waals surface area contributed by atoms with Crippen molar-refractivity contribution < 1.29 is 19.1 Å². The lowest BCUT2D eigenvalue weighted by Crippen LogP contribution is -2.49. The molecule has 1 unspecified atom stereocenters. The number of likely N-dealkylation sites (N-methyl/N-ethyl adjacent to an activating group) is 1. The van der Waals surface area contributed by atoms with Crippen molar-refractivity contribution in [1.29, 1.82) is 0 Å². The number of furan rings is 1. The van der Waals surface area contributed by atoms with Crippen LogP contribution >= 0.6 is 0 Å². The Bertz CT molecular complexity index is 486. The maximum Gasteiger partial charge on any atom is 0.371 e. The average molecular weight is 281 g/mol. The fraction of sp³-hybridized carbons (Fsp3) is 0.538. The summed E-state index contributed by atoms with van der Waals surface area (Å²) in [7, 11) is 2.03. The highest BCUT2D eigenvalue weighted by Gasteiger charge is 2.18. The Morgan fingerprint density at radius 1 is 1.50 bits per heavy atom. The molecule has 7 heteroatoms. The summed E-state index contributed by atoms with van der Waals surface area (Å²) in [5.74, 6) is -0.833. The van der Waals surface area contributed by atoms with Gasteiger partial charge in [-0.1, -0.05) is 0 Å². The molecule has 110 valence electrons. The number of rotatable bonds is 4. The lowest BCUT2D eigenvalue weighted by molar-refractivity contribution is 0.0660. The van der Waals surface area contributed by atoms with Gasteiger partial charge in [-0.05, 0) is 38.6 Å². The third-order valence-corrected chi connectivity index (χ3v) is 3.26. The van der Waals surface area contributed by atoms with E-state index in [-0.39, 0.29) is 24.4 Å². The summed E-state index contributed by atoms with van der Waals surface area (Å²) in [5.41, 5.74) is 0. The van der Waals surface area contributed by atoms with E-state index in [1.807, 2.05) is 7.05 Å². The van der Waals surface area contributed by atoms with Crippen molar-refractivity contribution >= 4 is 12.0 Å². The van der Waals surface area contributed by atoms with Gasteiger partial charge in [0, 0.05) is 12.6 Å². The Kier molecular flexibility index (Phi) is 4.62. The maximum absolute atomic E-state index is 11.7. The second-order valence-corrected chi connectivity index (χ2v) is 5.00. The van der Waals surface area contributed by atoms with Gasteiger partial charge < -0.3 is 25.1 Å². The number of hydrogen-bond acceptors (Lipinski definition) is 4. The molecule has 0 radical (unpaired) electrons. The molecule has 2 rings (SSSR count). The molecular formula is C13H19N3O4. The van der Waals surface area contributed by atoms with Crippen LogP contribution in [-0.2, 0) is 6.54 Å². The fourth-order valence-corrected chi connectivity index (χ4v) is 2.28. The third kappa shape index (κ3) is 3.99. The van der Waals surface area contributed by atoms with Crippen molar-refractivity contribution in [3.8, 4) is 0 Å². The zero-order valence-corrected chi connectivity index (χ0v) is 11.4. The summed E-state index contributed by atoms with van der Waals surface area (Å²) in [4.78, 5) is 24.6. The Morgan fingerprint density at radius 2 is 2.30 bits per heavy atom. The number of aromatic carboxylic acids is 1. The summed E-state index contributed by atoms with van der Waals surface area (Å²) >= 11 is 0. The molecule has 7 nitrogen and oxygen atoms in total. The molecule has 1 aliphatic rings. The Labute approximate surface area is 116 Å². The molecule has 3 N–H and O–H groups in total. The van der Waals surface area contributed by atoms with Crippen LogP contribution in [0.3, 0.4) is 0 Å². The minimum absolute atomic E-state index is 0.129. The molecule has 2 heterocycles. The molecule has 0 bridgehead atoms. The van der Waals surface area contributed by atoms with Crippen LogP contribution in [0.15, 0.2) is 16.5 Å². The van der Waals surface area contributed by atoms with Crippen LogP contribution in [0.25, 0.3) is 0 Å². The van der Waals surface area contributed by atoms with Crippen molar-refractivity contribution in [3.63, 3.8) is 0 Å². The predicted molar refractivity (Wildman–Crippen MR) is 71.6 cm³/mol. The van der Waals surface area contributed by atoms with Gasteiger partial charge in [0.2, 0.25) is 5.76 Å². The number of hydrogen-bond donors (Lipinski definition) is 3. The van der Waals surface area contributed by atoms with Crippen LogP contribution in [0.5, 0.6) is 0 Å². The smallest absolute Gasteiger partial charge is 0.371 e. The molecule has 1 aliphatic heterocycles. The number of carboxylic acids is 1. The number of nitrogens with one attached hydrogen (secondary N) is 2. The van der Waals surface area contributed by atoms with Gasteiger partial charge in [0.05, 0.1) is 6.54 Å². The van der Waals surface area contributed by atoms with E-state index >= 15 is 0 Å². The van der Waals surface area contributed by atoms with E-state index in [9.17, 15) is 9.59 Å². The summed E-state index contributed by atoms with van der Waals surface area (Å²) < 4.78 is 5.05. The van der Waals surface area contributed by atoms with Gasteiger partial charge >= 0.3 is 12.0 Å². The van der Waals surface area contributed by atoms with Gasteiger partial charge in [-0.15, -0.1) is 0 Å². The zero-order chi connectivity index (χ0) is 14.5. The van der Waals surface area contributed by atoms with Gasteiger partial charge in [-0.25, -0.2) is 9.59 Å². The molecule has 20 heavy (non-hydrogen) atoms. The summed E-state index contributed by atoms with van der Waals surface area (Å²) in [6.45, 7) is 2.07. The number of carboxylic acid groups (broad SMARTS) is 1. The second-order valence-electron chi connectivity index (χ2n) is 5.00. The van der Waals surface area contributed by atoms with Crippen LogP contribution in [0.1, 0.15) is 29.2 Å². The fourth-order valence-electron chi connectivity index (χ4n) is 2.28. The maximum atomic E-state index is 11.7. The molecule has 2 amide bonds. The van der Waals surface area contributed by atoms with Gasteiger partial charge in [0.1, 0.15) is 5.76 Å². The Balaban J connectivity index is 1.75. The standard InChI is InChI=1S/C13H19N3O4/c1-16-6-2-3-9(8-16)15-13(19)14-7-10-4-5-11(20-10)12(17)18/h4-5,9H,2-3,6-8H2,1H3,(H,17,18)(H2,14,15,19). The number of carbonyl (C=O) groups is 2. The molecule has 0 aromatic carbocycles. The molecule has 1 fully saturated rings. The van der Waals surface area contributed by atoms with E-state index in [1.54, 1.807) is 0 Å². The minimum atomic E-state index is -1.12. The molecule has 0 spiro atoms.